The molecule has 0 bridgehead atoms. The highest BCUT2D eigenvalue weighted by atomic mass is 15.2. The molecule has 0 heterocycles. The van der Waals surface area contributed by atoms with E-state index in [-0.39, 0.29) is 0 Å². The zero-order chi connectivity index (χ0) is 9.73. The zero-order valence-corrected chi connectivity index (χ0v) is 9.18. The van der Waals surface area contributed by atoms with E-state index in [4.69, 9.17) is 5.73 Å². The molecule has 1 aliphatic carbocycles. The molecular formula is C11H24N2. The van der Waals surface area contributed by atoms with Crippen LogP contribution in [0.1, 0.15) is 45.4 Å². The van der Waals surface area contributed by atoms with Gasteiger partial charge < -0.3 is 5.73 Å². The largest absolute Gasteiger partial charge is 0.329 e. The van der Waals surface area contributed by atoms with Gasteiger partial charge in [-0.15, -0.1) is 0 Å². The van der Waals surface area contributed by atoms with Crippen LogP contribution in [-0.4, -0.2) is 30.6 Å². The normalized spacial score (nSPS) is 23.1. The van der Waals surface area contributed by atoms with E-state index in [0.717, 1.165) is 13.1 Å². The van der Waals surface area contributed by atoms with E-state index in [1.807, 2.05) is 0 Å². The molecule has 0 aliphatic heterocycles. The van der Waals surface area contributed by atoms with Crippen molar-refractivity contribution in [1.29, 1.82) is 0 Å². The standard InChI is InChI=1S/C11H24N2/c1-3-13(2)11(10-12)8-6-4-5-7-9-11/h3-10,12H2,1-2H3. The van der Waals surface area contributed by atoms with Crippen LogP contribution in [0.3, 0.4) is 0 Å². The number of hydrogen-bond donors (Lipinski definition) is 1. The molecular weight excluding hydrogens is 160 g/mol. The van der Waals surface area contributed by atoms with Gasteiger partial charge in [0.2, 0.25) is 0 Å². The first-order chi connectivity index (χ1) is 6.25. The first kappa shape index (κ1) is 11.0. The third kappa shape index (κ3) is 2.44. The molecule has 0 radical (unpaired) electrons. The molecule has 1 fully saturated rings. The number of likely N-dealkylation sites (N-methyl/N-ethyl adjacent to an activating group) is 1. The van der Waals surface area contributed by atoms with Crippen molar-refractivity contribution in [3.63, 3.8) is 0 Å². The topological polar surface area (TPSA) is 29.3 Å². The lowest BCUT2D eigenvalue weighted by Crippen LogP contribution is -2.51. The van der Waals surface area contributed by atoms with Crippen molar-refractivity contribution in [3.8, 4) is 0 Å². The molecule has 0 aromatic rings. The summed E-state index contributed by atoms with van der Waals surface area (Å²) in [5.74, 6) is 0. The molecule has 0 aromatic heterocycles. The number of hydrogen-bond acceptors (Lipinski definition) is 2. The summed E-state index contributed by atoms with van der Waals surface area (Å²) in [7, 11) is 2.22. The average molecular weight is 184 g/mol. The van der Waals surface area contributed by atoms with Crippen LogP contribution in [0.15, 0.2) is 0 Å². The minimum absolute atomic E-state index is 0.325. The lowest BCUT2D eigenvalue weighted by Gasteiger charge is -2.40. The van der Waals surface area contributed by atoms with Crippen molar-refractivity contribution in [1.82, 2.24) is 4.90 Å². The van der Waals surface area contributed by atoms with E-state index in [0.29, 0.717) is 5.54 Å². The summed E-state index contributed by atoms with van der Waals surface area (Å²) in [6.07, 6.45) is 8.13. The maximum absolute atomic E-state index is 5.94. The molecule has 2 nitrogen and oxygen atoms in total. The summed E-state index contributed by atoms with van der Waals surface area (Å²) < 4.78 is 0. The lowest BCUT2D eigenvalue weighted by atomic mass is 9.88. The molecule has 2 N–H and O–H groups in total. The fourth-order valence-corrected chi connectivity index (χ4v) is 2.46. The predicted molar refractivity (Wildman–Crippen MR) is 57.8 cm³/mol. The van der Waals surface area contributed by atoms with Crippen LogP contribution < -0.4 is 5.73 Å². The van der Waals surface area contributed by atoms with Gasteiger partial charge >= 0.3 is 0 Å². The van der Waals surface area contributed by atoms with E-state index in [1.165, 1.54) is 38.5 Å². The van der Waals surface area contributed by atoms with Gasteiger partial charge in [-0.05, 0) is 26.4 Å². The summed E-state index contributed by atoms with van der Waals surface area (Å²) in [4.78, 5) is 2.46. The minimum atomic E-state index is 0.325. The van der Waals surface area contributed by atoms with E-state index in [1.54, 1.807) is 0 Å². The lowest BCUT2D eigenvalue weighted by molar-refractivity contribution is 0.114. The Balaban J connectivity index is 2.64. The second-order valence-electron chi connectivity index (χ2n) is 4.36. The van der Waals surface area contributed by atoms with Gasteiger partial charge in [0, 0.05) is 12.1 Å². The molecule has 2 heteroatoms. The van der Waals surface area contributed by atoms with Gasteiger partial charge in [-0.25, -0.2) is 0 Å². The molecule has 13 heavy (non-hydrogen) atoms. The highest BCUT2D eigenvalue weighted by Gasteiger charge is 2.32. The Kier molecular flexibility index (Phi) is 4.20. The highest BCUT2D eigenvalue weighted by molar-refractivity contribution is 4.91. The van der Waals surface area contributed by atoms with Gasteiger partial charge in [0.1, 0.15) is 0 Å². The quantitative estimate of drug-likeness (QED) is 0.680. The van der Waals surface area contributed by atoms with Crippen molar-refractivity contribution in [3.05, 3.63) is 0 Å². The molecule has 0 unspecified atom stereocenters. The van der Waals surface area contributed by atoms with Crippen molar-refractivity contribution < 1.29 is 0 Å². The van der Waals surface area contributed by atoms with E-state index in [2.05, 4.69) is 18.9 Å². The zero-order valence-electron chi connectivity index (χ0n) is 9.18. The minimum Gasteiger partial charge on any atom is -0.329 e. The highest BCUT2D eigenvalue weighted by Crippen LogP contribution is 2.30. The predicted octanol–water partition coefficient (Wildman–Crippen LogP) is 1.99. The maximum atomic E-state index is 5.94. The number of nitrogens with two attached hydrogens (primary N) is 1. The molecule has 0 amide bonds. The fraction of sp³-hybridized carbons (Fsp3) is 1.00. The smallest absolute Gasteiger partial charge is 0.0328 e. The van der Waals surface area contributed by atoms with Crippen LogP contribution >= 0.6 is 0 Å². The summed E-state index contributed by atoms with van der Waals surface area (Å²) in [6.45, 7) is 4.18. The molecule has 0 spiro atoms. The van der Waals surface area contributed by atoms with Crippen LogP contribution in [0.2, 0.25) is 0 Å². The Hall–Kier alpha value is -0.0800. The Labute approximate surface area is 82.5 Å². The first-order valence-electron chi connectivity index (χ1n) is 5.66. The van der Waals surface area contributed by atoms with Gasteiger partial charge in [0.25, 0.3) is 0 Å². The summed E-state index contributed by atoms with van der Waals surface area (Å²) in [6, 6.07) is 0. The van der Waals surface area contributed by atoms with E-state index in [9.17, 15) is 0 Å². The summed E-state index contributed by atoms with van der Waals surface area (Å²) in [5.41, 5.74) is 6.27. The molecule has 1 aliphatic rings. The van der Waals surface area contributed by atoms with Crippen LogP contribution in [0, 0.1) is 0 Å². The van der Waals surface area contributed by atoms with Crippen molar-refractivity contribution in [2.75, 3.05) is 20.1 Å². The SMILES string of the molecule is CCN(C)C1(CN)CCCCCC1. The van der Waals surface area contributed by atoms with Gasteiger partial charge in [0.15, 0.2) is 0 Å². The molecule has 1 saturated carbocycles. The van der Waals surface area contributed by atoms with Crippen LogP contribution in [0.25, 0.3) is 0 Å². The Bertz CT molecular complexity index is 137. The van der Waals surface area contributed by atoms with Gasteiger partial charge in [-0.3, -0.25) is 4.90 Å². The van der Waals surface area contributed by atoms with Gasteiger partial charge in [-0.1, -0.05) is 32.6 Å². The Morgan fingerprint density at radius 1 is 1.15 bits per heavy atom. The summed E-state index contributed by atoms with van der Waals surface area (Å²) in [5, 5.41) is 0. The van der Waals surface area contributed by atoms with Crippen LogP contribution in [-0.2, 0) is 0 Å². The van der Waals surface area contributed by atoms with Crippen molar-refractivity contribution >= 4 is 0 Å². The first-order valence-corrected chi connectivity index (χ1v) is 5.66. The third-order valence-electron chi connectivity index (χ3n) is 3.70. The van der Waals surface area contributed by atoms with E-state index < -0.39 is 0 Å². The number of rotatable bonds is 3. The monoisotopic (exact) mass is 184 g/mol. The second-order valence-corrected chi connectivity index (χ2v) is 4.36. The molecule has 1 rings (SSSR count). The van der Waals surface area contributed by atoms with E-state index >= 15 is 0 Å². The average Bonchev–Trinajstić information content (AvgIpc) is 2.42. The molecule has 0 aromatic carbocycles. The molecule has 0 atom stereocenters. The Morgan fingerprint density at radius 2 is 1.69 bits per heavy atom. The third-order valence-corrected chi connectivity index (χ3v) is 3.70. The van der Waals surface area contributed by atoms with Crippen LogP contribution in [0.5, 0.6) is 0 Å². The van der Waals surface area contributed by atoms with Crippen molar-refractivity contribution in [2.45, 2.75) is 51.0 Å². The van der Waals surface area contributed by atoms with Crippen molar-refractivity contribution in [2.24, 2.45) is 5.73 Å². The Morgan fingerprint density at radius 3 is 2.08 bits per heavy atom. The molecule has 78 valence electrons. The maximum Gasteiger partial charge on any atom is 0.0328 e. The fourth-order valence-electron chi connectivity index (χ4n) is 2.46. The second kappa shape index (κ2) is 4.97. The van der Waals surface area contributed by atoms with Gasteiger partial charge in [0.05, 0.1) is 0 Å². The number of nitrogens with zero attached hydrogens (tertiary/aromatic N) is 1. The molecule has 0 saturated heterocycles. The van der Waals surface area contributed by atoms with Gasteiger partial charge in [-0.2, -0.15) is 0 Å². The van der Waals surface area contributed by atoms with Crippen LogP contribution in [0.4, 0.5) is 0 Å². The summed E-state index contributed by atoms with van der Waals surface area (Å²) >= 11 is 0.